The van der Waals surface area contributed by atoms with E-state index < -0.39 is 17.6 Å². The van der Waals surface area contributed by atoms with Crippen LogP contribution in [0.2, 0.25) is 0 Å². The first-order chi connectivity index (χ1) is 13.3. The van der Waals surface area contributed by atoms with Crippen LogP contribution in [0, 0.1) is 5.92 Å². The van der Waals surface area contributed by atoms with Gasteiger partial charge in [-0.3, -0.25) is 4.79 Å². The molecule has 1 aliphatic carbocycles. The monoisotopic (exact) mass is 413 g/mol. The molecule has 1 N–H and O–H groups in total. The standard InChI is InChI=1S/C20H22F3NO3S/c1-12-3-6-17-13(9-12)10-18(28-17)19(25)24-15-11-14(20(21,22)23)4-5-16(15)27-8-7-26-2/h4-5,10-12H,3,6-9H2,1-2H3,(H,24,25). The van der Waals surface area contributed by atoms with Gasteiger partial charge in [0, 0.05) is 12.0 Å². The van der Waals surface area contributed by atoms with E-state index in [0.717, 1.165) is 37.0 Å². The quantitative estimate of drug-likeness (QED) is 0.665. The lowest BCUT2D eigenvalue weighted by molar-refractivity contribution is -0.137. The minimum absolute atomic E-state index is 0.00401. The van der Waals surface area contributed by atoms with E-state index >= 15 is 0 Å². The Labute approximate surface area is 165 Å². The van der Waals surface area contributed by atoms with Crippen LogP contribution in [0.15, 0.2) is 24.3 Å². The zero-order valence-electron chi connectivity index (χ0n) is 15.7. The van der Waals surface area contributed by atoms with E-state index in [0.29, 0.717) is 10.8 Å². The number of hydrogen-bond donors (Lipinski definition) is 1. The number of rotatable bonds is 6. The van der Waals surface area contributed by atoms with Crippen LogP contribution in [0.4, 0.5) is 18.9 Å². The molecule has 0 spiro atoms. The van der Waals surface area contributed by atoms with E-state index in [1.54, 1.807) is 0 Å². The van der Waals surface area contributed by atoms with Crippen molar-refractivity contribution < 1.29 is 27.4 Å². The lowest BCUT2D eigenvalue weighted by atomic mass is 9.90. The molecule has 2 aromatic rings. The van der Waals surface area contributed by atoms with E-state index in [4.69, 9.17) is 9.47 Å². The molecular formula is C20H22F3NO3S. The van der Waals surface area contributed by atoms with Gasteiger partial charge in [0.1, 0.15) is 12.4 Å². The van der Waals surface area contributed by atoms with Crippen LogP contribution in [0.25, 0.3) is 0 Å². The first-order valence-electron chi connectivity index (χ1n) is 9.04. The second-order valence-corrected chi connectivity index (χ2v) is 8.05. The molecule has 28 heavy (non-hydrogen) atoms. The molecule has 1 heterocycles. The van der Waals surface area contributed by atoms with Gasteiger partial charge in [0.05, 0.1) is 22.7 Å². The van der Waals surface area contributed by atoms with Crippen molar-refractivity contribution in [3.63, 3.8) is 0 Å². The molecule has 8 heteroatoms. The van der Waals surface area contributed by atoms with Crippen LogP contribution in [0.5, 0.6) is 5.75 Å². The summed E-state index contributed by atoms with van der Waals surface area (Å²) in [6, 6.07) is 4.90. The summed E-state index contributed by atoms with van der Waals surface area (Å²) in [6.07, 6.45) is -1.57. The third kappa shape index (κ3) is 4.86. The number of ether oxygens (including phenoxy) is 2. The minimum atomic E-state index is -4.51. The zero-order chi connectivity index (χ0) is 20.3. The van der Waals surface area contributed by atoms with Crippen molar-refractivity contribution in [1.29, 1.82) is 0 Å². The molecule has 1 amide bonds. The van der Waals surface area contributed by atoms with Gasteiger partial charge in [-0.1, -0.05) is 6.92 Å². The SMILES string of the molecule is COCCOc1ccc(C(F)(F)F)cc1NC(=O)c1cc2c(s1)CCC(C)C2. The highest BCUT2D eigenvalue weighted by Gasteiger charge is 2.31. The van der Waals surface area contributed by atoms with Crippen LogP contribution < -0.4 is 10.1 Å². The van der Waals surface area contributed by atoms with Crippen molar-refractivity contribution in [1.82, 2.24) is 0 Å². The van der Waals surface area contributed by atoms with Crippen LogP contribution in [-0.4, -0.2) is 26.2 Å². The number of halogens is 3. The molecular weight excluding hydrogens is 391 g/mol. The number of aryl methyl sites for hydroxylation is 1. The third-order valence-corrected chi connectivity index (χ3v) is 5.89. The molecule has 1 unspecified atom stereocenters. The van der Waals surface area contributed by atoms with E-state index in [9.17, 15) is 18.0 Å². The maximum absolute atomic E-state index is 13.1. The lowest BCUT2D eigenvalue weighted by Gasteiger charge is -2.16. The minimum Gasteiger partial charge on any atom is -0.489 e. The highest BCUT2D eigenvalue weighted by molar-refractivity contribution is 7.14. The van der Waals surface area contributed by atoms with Crippen LogP contribution in [0.1, 0.15) is 39.0 Å². The Hall–Kier alpha value is -2.06. The van der Waals surface area contributed by atoms with Gasteiger partial charge in [-0.05, 0) is 55.0 Å². The number of nitrogens with one attached hydrogen (secondary N) is 1. The summed E-state index contributed by atoms with van der Waals surface area (Å²) < 4.78 is 49.6. The zero-order valence-corrected chi connectivity index (χ0v) is 16.5. The van der Waals surface area contributed by atoms with Crippen molar-refractivity contribution >= 4 is 22.9 Å². The summed E-state index contributed by atoms with van der Waals surface area (Å²) in [7, 11) is 1.50. The molecule has 0 radical (unpaired) electrons. The molecule has 0 fully saturated rings. The number of thiophene rings is 1. The Bertz CT molecular complexity index is 848. The van der Waals surface area contributed by atoms with E-state index in [2.05, 4.69) is 12.2 Å². The van der Waals surface area contributed by atoms with Crippen LogP contribution in [-0.2, 0) is 23.8 Å². The third-order valence-electron chi connectivity index (χ3n) is 4.65. The number of carbonyl (C=O) groups excluding carboxylic acids is 1. The Morgan fingerprint density at radius 2 is 2.07 bits per heavy atom. The second kappa shape index (κ2) is 8.53. The number of hydrogen-bond acceptors (Lipinski definition) is 4. The lowest BCUT2D eigenvalue weighted by Crippen LogP contribution is -2.14. The largest absolute Gasteiger partial charge is 0.489 e. The molecule has 0 bridgehead atoms. The fourth-order valence-electron chi connectivity index (χ4n) is 3.17. The van der Waals surface area contributed by atoms with Gasteiger partial charge in [-0.25, -0.2) is 0 Å². The molecule has 0 saturated carbocycles. The molecule has 1 aliphatic rings. The summed E-state index contributed by atoms with van der Waals surface area (Å²) in [5.74, 6) is 0.318. The number of carbonyl (C=O) groups is 1. The molecule has 1 aromatic carbocycles. The number of benzene rings is 1. The van der Waals surface area contributed by atoms with Crippen LogP contribution >= 0.6 is 11.3 Å². The summed E-state index contributed by atoms with van der Waals surface area (Å²) in [6.45, 7) is 2.62. The first-order valence-corrected chi connectivity index (χ1v) is 9.85. The normalized spacial score (nSPS) is 16.5. The predicted molar refractivity (Wildman–Crippen MR) is 102 cm³/mol. The van der Waals surface area contributed by atoms with E-state index in [1.807, 2.05) is 6.07 Å². The topological polar surface area (TPSA) is 47.6 Å². The van der Waals surface area contributed by atoms with Crippen molar-refractivity contribution in [2.75, 3.05) is 25.6 Å². The highest BCUT2D eigenvalue weighted by Crippen LogP contribution is 2.36. The average Bonchev–Trinajstić information content (AvgIpc) is 3.05. The Morgan fingerprint density at radius 3 is 2.79 bits per heavy atom. The number of fused-ring (bicyclic) bond motifs is 1. The van der Waals surface area contributed by atoms with Gasteiger partial charge in [0.15, 0.2) is 0 Å². The van der Waals surface area contributed by atoms with Crippen LogP contribution in [0.3, 0.4) is 0 Å². The van der Waals surface area contributed by atoms with Gasteiger partial charge >= 0.3 is 6.18 Å². The second-order valence-electron chi connectivity index (χ2n) is 6.91. The highest BCUT2D eigenvalue weighted by atomic mass is 32.1. The van der Waals surface area contributed by atoms with Crippen molar-refractivity contribution in [2.24, 2.45) is 5.92 Å². The summed E-state index contributed by atoms with van der Waals surface area (Å²) in [5.41, 5.74) is 0.311. The molecule has 0 saturated heterocycles. The number of alkyl halides is 3. The molecule has 0 aliphatic heterocycles. The van der Waals surface area contributed by atoms with Crippen molar-refractivity contribution in [3.05, 3.63) is 45.1 Å². The van der Waals surface area contributed by atoms with Gasteiger partial charge < -0.3 is 14.8 Å². The molecule has 4 nitrogen and oxygen atoms in total. The fraction of sp³-hybridized carbons (Fsp3) is 0.450. The molecule has 3 rings (SSSR count). The molecule has 152 valence electrons. The van der Waals surface area contributed by atoms with Gasteiger partial charge in [-0.2, -0.15) is 13.2 Å². The van der Waals surface area contributed by atoms with E-state index in [1.165, 1.54) is 29.4 Å². The van der Waals surface area contributed by atoms with Crippen molar-refractivity contribution in [2.45, 2.75) is 32.4 Å². The maximum Gasteiger partial charge on any atom is 0.416 e. The first kappa shape index (κ1) is 20.7. The van der Waals surface area contributed by atoms with Crippen molar-refractivity contribution in [3.8, 4) is 5.75 Å². The number of anilines is 1. The molecule has 1 aromatic heterocycles. The summed E-state index contributed by atoms with van der Waals surface area (Å²) in [5, 5.41) is 2.59. The Morgan fingerprint density at radius 1 is 1.29 bits per heavy atom. The maximum atomic E-state index is 13.1. The average molecular weight is 413 g/mol. The summed E-state index contributed by atoms with van der Waals surface area (Å²) >= 11 is 1.41. The Kier molecular flexibility index (Phi) is 6.30. The number of methoxy groups -OCH3 is 1. The Balaban J connectivity index is 1.83. The van der Waals surface area contributed by atoms with E-state index in [-0.39, 0.29) is 24.7 Å². The smallest absolute Gasteiger partial charge is 0.416 e. The number of amides is 1. The van der Waals surface area contributed by atoms with Gasteiger partial charge in [0.2, 0.25) is 0 Å². The van der Waals surface area contributed by atoms with Gasteiger partial charge in [-0.15, -0.1) is 11.3 Å². The predicted octanol–water partition coefficient (Wildman–Crippen LogP) is 5.17. The molecule has 1 atom stereocenters. The fourth-order valence-corrected chi connectivity index (χ4v) is 4.27. The summed E-state index contributed by atoms with van der Waals surface area (Å²) in [4.78, 5) is 14.4. The van der Waals surface area contributed by atoms with Gasteiger partial charge in [0.25, 0.3) is 5.91 Å².